The summed E-state index contributed by atoms with van der Waals surface area (Å²) in [6, 6.07) is 13.9. The van der Waals surface area contributed by atoms with Crippen LogP contribution in [0.4, 0.5) is 0 Å². The van der Waals surface area contributed by atoms with E-state index >= 15 is 0 Å². The number of imidazole rings is 1. The fourth-order valence-electron chi connectivity index (χ4n) is 2.35. The highest BCUT2D eigenvalue weighted by Gasteiger charge is 2.10. The van der Waals surface area contributed by atoms with E-state index < -0.39 is 0 Å². The van der Waals surface area contributed by atoms with Gasteiger partial charge in [0.1, 0.15) is 18.0 Å². The highest BCUT2D eigenvalue weighted by molar-refractivity contribution is 5.40. The first kappa shape index (κ1) is 13.6. The summed E-state index contributed by atoms with van der Waals surface area (Å²) in [5.41, 5.74) is 9.00. The molecule has 1 unspecified atom stereocenters. The second-order valence-electron chi connectivity index (χ2n) is 5.04. The third-order valence-corrected chi connectivity index (χ3v) is 3.55. The maximum Gasteiger partial charge on any atom is 0.137 e. The van der Waals surface area contributed by atoms with Crippen molar-refractivity contribution in [1.29, 1.82) is 0 Å². The Labute approximate surface area is 124 Å². The van der Waals surface area contributed by atoms with Crippen molar-refractivity contribution in [3.8, 4) is 5.75 Å². The molecule has 0 aliphatic heterocycles. The molecule has 4 nitrogen and oxygen atoms in total. The predicted octanol–water partition coefficient (Wildman–Crippen LogP) is 3.32. The molecule has 0 radical (unpaired) electrons. The lowest BCUT2D eigenvalue weighted by Crippen LogP contribution is -2.10. The van der Waals surface area contributed by atoms with E-state index in [9.17, 15) is 0 Å². The maximum absolute atomic E-state index is 6.13. The Balaban J connectivity index is 1.78. The first-order valence-corrected chi connectivity index (χ1v) is 7.18. The maximum atomic E-state index is 6.13. The van der Waals surface area contributed by atoms with Gasteiger partial charge < -0.3 is 14.9 Å². The molecule has 0 aliphatic carbocycles. The summed E-state index contributed by atoms with van der Waals surface area (Å²) in [6.07, 6.45) is 4.85. The predicted molar refractivity (Wildman–Crippen MR) is 83.2 cm³/mol. The van der Waals surface area contributed by atoms with Crippen LogP contribution in [0.25, 0.3) is 5.65 Å². The van der Waals surface area contributed by atoms with Crippen molar-refractivity contribution in [2.75, 3.05) is 0 Å². The summed E-state index contributed by atoms with van der Waals surface area (Å²) in [4.78, 5) is 4.53. The van der Waals surface area contributed by atoms with Crippen molar-refractivity contribution in [1.82, 2.24) is 9.38 Å². The number of nitrogens with two attached hydrogens (primary N) is 1. The van der Waals surface area contributed by atoms with Gasteiger partial charge in [-0.1, -0.05) is 31.2 Å². The van der Waals surface area contributed by atoms with Gasteiger partial charge in [0, 0.05) is 24.0 Å². The molecule has 4 heteroatoms. The van der Waals surface area contributed by atoms with E-state index in [0.29, 0.717) is 6.61 Å². The molecule has 0 spiro atoms. The molecule has 0 saturated heterocycles. The van der Waals surface area contributed by atoms with Crippen molar-refractivity contribution >= 4 is 5.65 Å². The largest absolute Gasteiger partial charge is 0.487 e. The molecule has 0 saturated carbocycles. The van der Waals surface area contributed by atoms with Crippen LogP contribution in [-0.2, 0) is 6.61 Å². The third-order valence-electron chi connectivity index (χ3n) is 3.55. The van der Waals surface area contributed by atoms with Gasteiger partial charge in [-0.15, -0.1) is 0 Å². The van der Waals surface area contributed by atoms with Gasteiger partial charge in [0.2, 0.25) is 0 Å². The molecule has 3 rings (SSSR count). The number of para-hydroxylation sites is 1. The molecule has 21 heavy (non-hydrogen) atoms. The zero-order chi connectivity index (χ0) is 14.7. The SMILES string of the molecule is CCC(N)c1ccccc1OCc1cn2ccccc2n1. The Bertz CT molecular complexity index is 702. The van der Waals surface area contributed by atoms with Gasteiger partial charge in [0.15, 0.2) is 0 Å². The number of hydrogen-bond donors (Lipinski definition) is 1. The van der Waals surface area contributed by atoms with Crippen LogP contribution in [0.15, 0.2) is 54.9 Å². The average molecular weight is 281 g/mol. The van der Waals surface area contributed by atoms with Gasteiger partial charge in [-0.25, -0.2) is 4.98 Å². The van der Waals surface area contributed by atoms with E-state index in [0.717, 1.165) is 29.1 Å². The minimum atomic E-state index is 0.00210. The number of aromatic nitrogens is 2. The first-order valence-electron chi connectivity index (χ1n) is 7.18. The lowest BCUT2D eigenvalue weighted by Gasteiger charge is -2.15. The van der Waals surface area contributed by atoms with Gasteiger partial charge in [0.25, 0.3) is 0 Å². The fraction of sp³-hybridized carbons (Fsp3) is 0.235. The van der Waals surface area contributed by atoms with Crippen LogP contribution in [0.1, 0.15) is 30.6 Å². The Hall–Kier alpha value is -2.33. The van der Waals surface area contributed by atoms with Crippen LogP contribution in [0.2, 0.25) is 0 Å². The second-order valence-corrected chi connectivity index (χ2v) is 5.04. The summed E-state index contributed by atoms with van der Waals surface area (Å²) < 4.78 is 7.91. The fourth-order valence-corrected chi connectivity index (χ4v) is 2.35. The highest BCUT2D eigenvalue weighted by atomic mass is 16.5. The smallest absolute Gasteiger partial charge is 0.137 e. The molecule has 3 aromatic rings. The van der Waals surface area contributed by atoms with Crippen molar-refractivity contribution in [3.05, 3.63) is 66.1 Å². The number of ether oxygens (including phenoxy) is 1. The van der Waals surface area contributed by atoms with Crippen molar-refractivity contribution in [3.63, 3.8) is 0 Å². The van der Waals surface area contributed by atoms with Gasteiger partial charge in [0.05, 0.1) is 5.69 Å². The Morgan fingerprint density at radius 3 is 2.81 bits per heavy atom. The van der Waals surface area contributed by atoms with Crippen LogP contribution in [0.3, 0.4) is 0 Å². The van der Waals surface area contributed by atoms with E-state index in [2.05, 4.69) is 11.9 Å². The standard InChI is InChI=1S/C17H19N3O/c1-2-15(18)14-7-3-4-8-16(14)21-12-13-11-20-10-6-5-9-17(20)19-13/h3-11,15H,2,12,18H2,1H3. The average Bonchev–Trinajstić information content (AvgIpc) is 2.95. The van der Waals surface area contributed by atoms with E-state index in [4.69, 9.17) is 10.5 Å². The van der Waals surface area contributed by atoms with Gasteiger partial charge in [-0.2, -0.15) is 0 Å². The molecule has 2 aromatic heterocycles. The topological polar surface area (TPSA) is 52.5 Å². The molecule has 1 aromatic carbocycles. The summed E-state index contributed by atoms with van der Waals surface area (Å²) in [6.45, 7) is 2.51. The quantitative estimate of drug-likeness (QED) is 0.780. The number of nitrogens with zero attached hydrogens (tertiary/aromatic N) is 2. The zero-order valence-electron chi connectivity index (χ0n) is 12.1. The summed E-state index contributed by atoms with van der Waals surface area (Å²) in [5.74, 6) is 0.837. The second kappa shape index (κ2) is 5.97. The van der Waals surface area contributed by atoms with Crippen molar-refractivity contribution in [2.24, 2.45) is 5.73 Å². The minimum Gasteiger partial charge on any atom is -0.487 e. The van der Waals surface area contributed by atoms with Crippen LogP contribution in [0.5, 0.6) is 5.75 Å². The molecule has 1 atom stereocenters. The number of rotatable bonds is 5. The van der Waals surface area contributed by atoms with Crippen LogP contribution in [0, 0.1) is 0 Å². The van der Waals surface area contributed by atoms with Gasteiger partial charge >= 0.3 is 0 Å². The molecule has 0 amide bonds. The summed E-state index contributed by atoms with van der Waals surface area (Å²) >= 11 is 0. The molecule has 2 N–H and O–H groups in total. The van der Waals surface area contributed by atoms with E-state index in [-0.39, 0.29) is 6.04 Å². The van der Waals surface area contributed by atoms with E-state index in [1.807, 2.05) is 59.3 Å². The Morgan fingerprint density at radius 1 is 1.19 bits per heavy atom. The zero-order valence-corrected chi connectivity index (χ0v) is 12.1. The summed E-state index contributed by atoms with van der Waals surface area (Å²) in [5, 5.41) is 0. The molecular weight excluding hydrogens is 262 g/mol. The normalized spacial score (nSPS) is 12.5. The van der Waals surface area contributed by atoms with Crippen LogP contribution in [-0.4, -0.2) is 9.38 Å². The lowest BCUT2D eigenvalue weighted by molar-refractivity contribution is 0.296. The summed E-state index contributed by atoms with van der Waals surface area (Å²) in [7, 11) is 0. The van der Waals surface area contributed by atoms with E-state index in [1.54, 1.807) is 0 Å². The van der Waals surface area contributed by atoms with Crippen LogP contribution < -0.4 is 10.5 Å². The molecule has 0 aliphatic rings. The molecule has 0 fully saturated rings. The van der Waals surface area contributed by atoms with Crippen LogP contribution >= 0.6 is 0 Å². The van der Waals surface area contributed by atoms with Gasteiger partial charge in [-0.3, -0.25) is 0 Å². The number of hydrogen-bond acceptors (Lipinski definition) is 3. The van der Waals surface area contributed by atoms with Crippen molar-refractivity contribution < 1.29 is 4.74 Å². The third kappa shape index (κ3) is 2.90. The minimum absolute atomic E-state index is 0.00210. The molecule has 2 heterocycles. The molecule has 0 bridgehead atoms. The lowest BCUT2D eigenvalue weighted by atomic mass is 10.0. The molecular formula is C17H19N3O. The Morgan fingerprint density at radius 2 is 2.00 bits per heavy atom. The van der Waals surface area contributed by atoms with E-state index in [1.165, 1.54) is 0 Å². The number of pyridine rings is 1. The number of benzene rings is 1. The highest BCUT2D eigenvalue weighted by Crippen LogP contribution is 2.26. The molecule has 108 valence electrons. The monoisotopic (exact) mass is 281 g/mol. The number of fused-ring (bicyclic) bond motifs is 1. The Kier molecular flexibility index (Phi) is 3.88. The first-order chi connectivity index (χ1) is 10.3. The van der Waals surface area contributed by atoms with Gasteiger partial charge in [-0.05, 0) is 24.6 Å². The van der Waals surface area contributed by atoms with Crippen molar-refractivity contribution in [2.45, 2.75) is 26.0 Å².